The molecule has 0 fully saturated rings. The Morgan fingerprint density at radius 3 is 2.70 bits per heavy atom. The second kappa shape index (κ2) is 6.85. The zero-order chi connectivity index (χ0) is 15.3. The predicted octanol–water partition coefficient (Wildman–Crippen LogP) is 2.23. The van der Waals surface area contributed by atoms with Crippen LogP contribution in [0.1, 0.15) is 30.1 Å². The first kappa shape index (κ1) is 15.9. The number of nitrogens with one attached hydrogen (secondary N) is 1. The number of carbonyl (C=O) groups is 2. The number of aliphatic carboxylic acids is 1. The first-order valence-corrected chi connectivity index (χ1v) is 6.15. The third-order valence-electron chi connectivity index (χ3n) is 2.57. The minimum atomic E-state index is -0.959. The van der Waals surface area contributed by atoms with Crippen molar-refractivity contribution in [2.24, 2.45) is 0 Å². The number of rotatable bonds is 6. The summed E-state index contributed by atoms with van der Waals surface area (Å²) in [5.74, 6) is -1.53. The number of carboxylic acids is 1. The molecule has 108 valence electrons. The molecule has 0 heterocycles. The van der Waals surface area contributed by atoms with Gasteiger partial charge >= 0.3 is 5.97 Å². The van der Waals surface area contributed by atoms with E-state index in [0.29, 0.717) is 0 Å². The summed E-state index contributed by atoms with van der Waals surface area (Å²) in [4.78, 5) is 32.4. The highest BCUT2D eigenvalue weighted by atomic mass is 35.5. The van der Waals surface area contributed by atoms with Crippen LogP contribution in [0, 0.1) is 10.1 Å². The van der Waals surface area contributed by atoms with Gasteiger partial charge in [0, 0.05) is 24.6 Å². The van der Waals surface area contributed by atoms with E-state index >= 15 is 0 Å². The molecule has 1 amide bonds. The summed E-state index contributed by atoms with van der Waals surface area (Å²) in [6, 6.07) is 3.18. The number of nitro groups is 1. The van der Waals surface area contributed by atoms with Crippen molar-refractivity contribution in [2.75, 3.05) is 0 Å². The van der Waals surface area contributed by atoms with Gasteiger partial charge in [0.1, 0.15) is 0 Å². The molecule has 1 aromatic carbocycles. The minimum Gasteiger partial charge on any atom is -0.481 e. The highest BCUT2D eigenvalue weighted by Crippen LogP contribution is 2.22. The maximum atomic E-state index is 11.9. The van der Waals surface area contributed by atoms with E-state index in [4.69, 9.17) is 16.7 Å². The van der Waals surface area contributed by atoms with Crippen molar-refractivity contribution in [3.05, 3.63) is 38.9 Å². The average Bonchev–Trinajstić information content (AvgIpc) is 2.36. The van der Waals surface area contributed by atoms with Crippen LogP contribution in [0.3, 0.4) is 0 Å². The van der Waals surface area contributed by atoms with Gasteiger partial charge in [-0.3, -0.25) is 19.7 Å². The Hall–Kier alpha value is -2.15. The van der Waals surface area contributed by atoms with E-state index in [1.807, 2.05) is 0 Å². The molecule has 20 heavy (non-hydrogen) atoms. The van der Waals surface area contributed by atoms with Crippen LogP contribution in [-0.4, -0.2) is 27.9 Å². The monoisotopic (exact) mass is 300 g/mol. The number of hydrogen-bond acceptors (Lipinski definition) is 4. The Kier molecular flexibility index (Phi) is 5.45. The molecule has 0 radical (unpaired) electrons. The van der Waals surface area contributed by atoms with Crippen molar-refractivity contribution < 1.29 is 19.6 Å². The first-order chi connectivity index (χ1) is 9.31. The number of carbonyl (C=O) groups excluding carboxylic acids is 1. The van der Waals surface area contributed by atoms with Crippen LogP contribution < -0.4 is 5.32 Å². The molecule has 0 spiro atoms. The lowest BCUT2D eigenvalue weighted by molar-refractivity contribution is -0.384. The topological polar surface area (TPSA) is 110 Å². The minimum absolute atomic E-state index is 0.0111. The number of halogens is 1. The summed E-state index contributed by atoms with van der Waals surface area (Å²) in [6.45, 7) is 1.64. The molecule has 0 bridgehead atoms. The fourth-order valence-electron chi connectivity index (χ4n) is 1.51. The molecule has 0 aliphatic carbocycles. The Morgan fingerprint density at radius 2 is 2.15 bits per heavy atom. The van der Waals surface area contributed by atoms with Crippen molar-refractivity contribution in [3.8, 4) is 0 Å². The summed E-state index contributed by atoms with van der Waals surface area (Å²) in [7, 11) is 0. The van der Waals surface area contributed by atoms with Crippen LogP contribution in [-0.2, 0) is 4.79 Å². The molecule has 1 aromatic rings. The highest BCUT2D eigenvalue weighted by molar-refractivity contribution is 6.33. The molecule has 1 unspecified atom stereocenters. The largest absolute Gasteiger partial charge is 0.481 e. The van der Waals surface area contributed by atoms with Crippen molar-refractivity contribution in [1.29, 1.82) is 0 Å². The summed E-state index contributed by atoms with van der Waals surface area (Å²) >= 11 is 5.83. The number of nitro benzene ring substituents is 1. The summed E-state index contributed by atoms with van der Waals surface area (Å²) in [6.07, 6.45) is 0.178. The molecule has 2 N–H and O–H groups in total. The van der Waals surface area contributed by atoms with E-state index in [2.05, 4.69) is 5.32 Å². The molecular weight excluding hydrogens is 288 g/mol. The SMILES string of the molecule is CC(CCC(=O)O)NC(=O)c1cc([N+](=O)[O-])ccc1Cl. The predicted molar refractivity (Wildman–Crippen MR) is 71.9 cm³/mol. The second-order valence-electron chi connectivity index (χ2n) is 4.23. The molecule has 0 saturated carbocycles. The third kappa shape index (κ3) is 4.51. The van der Waals surface area contributed by atoms with Crippen molar-refractivity contribution in [1.82, 2.24) is 5.32 Å². The van der Waals surface area contributed by atoms with Crippen LogP contribution >= 0.6 is 11.6 Å². The van der Waals surface area contributed by atoms with Crippen LogP contribution in [0.5, 0.6) is 0 Å². The number of carboxylic acid groups (broad SMARTS) is 1. The molecule has 8 heteroatoms. The molecule has 7 nitrogen and oxygen atoms in total. The Labute approximate surface area is 119 Å². The van der Waals surface area contributed by atoms with Gasteiger partial charge in [0.25, 0.3) is 11.6 Å². The van der Waals surface area contributed by atoms with E-state index in [-0.39, 0.29) is 35.2 Å². The van der Waals surface area contributed by atoms with Crippen LogP contribution in [0.2, 0.25) is 5.02 Å². The highest BCUT2D eigenvalue weighted by Gasteiger charge is 2.17. The summed E-state index contributed by atoms with van der Waals surface area (Å²) in [5.41, 5.74) is -0.249. The molecule has 0 saturated heterocycles. The summed E-state index contributed by atoms with van der Waals surface area (Å²) in [5, 5.41) is 21.8. The van der Waals surface area contributed by atoms with Crippen LogP contribution in [0.25, 0.3) is 0 Å². The van der Waals surface area contributed by atoms with Gasteiger partial charge in [-0.1, -0.05) is 11.6 Å². The van der Waals surface area contributed by atoms with Gasteiger partial charge in [-0.15, -0.1) is 0 Å². The fraction of sp³-hybridized carbons (Fsp3) is 0.333. The normalized spacial score (nSPS) is 11.7. The van der Waals surface area contributed by atoms with Crippen molar-refractivity contribution >= 4 is 29.2 Å². The molecule has 0 aliphatic rings. The van der Waals surface area contributed by atoms with E-state index in [0.717, 1.165) is 6.07 Å². The quantitative estimate of drug-likeness (QED) is 0.618. The van der Waals surface area contributed by atoms with Gasteiger partial charge < -0.3 is 10.4 Å². The third-order valence-corrected chi connectivity index (χ3v) is 2.90. The van der Waals surface area contributed by atoms with E-state index in [1.54, 1.807) is 6.92 Å². The van der Waals surface area contributed by atoms with Gasteiger partial charge in [0.05, 0.1) is 15.5 Å². The number of amides is 1. The lowest BCUT2D eigenvalue weighted by atomic mass is 10.1. The van der Waals surface area contributed by atoms with Gasteiger partial charge in [-0.05, 0) is 19.4 Å². The Balaban J connectivity index is 2.79. The molecular formula is C12H13ClN2O5. The van der Waals surface area contributed by atoms with Gasteiger partial charge in [0.15, 0.2) is 0 Å². The number of nitrogens with zero attached hydrogens (tertiary/aromatic N) is 1. The number of hydrogen-bond donors (Lipinski definition) is 2. The average molecular weight is 301 g/mol. The molecule has 0 aromatic heterocycles. The lowest BCUT2D eigenvalue weighted by Gasteiger charge is -2.13. The maximum absolute atomic E-state index is 11.9. The number of benzene rings is 1. The van der Waals surface area contributed by atoms with E-state index in [9.17, 15) is 19.7 Å². The zero-order valence-corrected chi connectivity index (χ0v) is 11.4. The Morgan fingerprint density at radius 1 is 1.50 bits per heavy atom. The molecule has 1 rings (SSSR count). The van der Waals surface area contributed by atoms with Crippen LogP contribution in [0.4, 0.5) is 5.69 Å². The first-order valence-electron chi connectivity index (χ1n) is 5.78. The Bertz CT molecular complexity index is 547. The molecule has 1 atom stereocenters. The maximum Gasteiger partial charge on any atom is 0.303 e. The van der Waals surface area contributed by atoms with Gasteiger partial charge in [-0.25, -0.2) is 0 Å². The van der Waals surface area contributed by atoms with E-state index < -0.39 is 16.8 Å². The zero-order valence-electron chi connectivity index (χ0n) is 10.6. The van der Waals surface area contributed by atoms with Gasteiger partial charge in [-0.2, -0.15) is 0 Å². The van der Waals surface area contributed by atoms with E-state index in [1.165, 1.54) is 12.1 Å². The van der Waals surface area contributed by atoms with Gasteiger partial charge in [0.2, 0.25) is 0 Å². The van der Waals surface area contributed by atoms with Crippen molar-refractivity contribution in [2.45, 2.75) is 25.8 Å². The van der Waals surface area contributed by atoms with Crippen LogP contribution in [0.15, 0.2) is 18.2 Å². The standard InChI is InChI=1S/C12H13ClN2O5/c1-7(2-5-11(16)17)14-12(18)9-6-8(15(19)20)3-4-10(9)13/h3-4,6-7H,2,5H2,1H3,(H,14,18)(H,16,17). The fourth-order valence-corrected chi connectivity index (χ4v) is 1.72. The molecule has 0 aliphatic heterocycles. The lowest BCUT2D eigenvalue weighted by Crippen LogP contribution is -2.33. The smallest absolute Gasteiger partial charge is 0.303 e. The summed E-state index contributed by atoms with van der Waals surface area (Å²) < 4.78 is 0. The number of non-ortho nitro benzene ring substituents is 1. The second-order valence-corrected chi connectivity index (χ2v) is 4.64. The van der Waals surface area contributed by atoms with Crippen molar-refractivity contribution in [3.63, 3.8) is 0 Å².